The van der Waals surface area contributed by atoms with Crippen LogP contribution in [0.25, 0.3) is 11.3 Å². The summed E-state index contributed by atoms with van der Waals surface area (Å²) in [6, 6.07) is 3.69. The molecule has 0 saturated carbocycles. The predicted octanol–water partition coefficient (Wildman–Crippen LogP) is 3.40. The lowest BCUT2D eigenvalue weighted by molar-refractivity contribution is 0.199. The zero-order valence-corrected chi connectivity index (χ0v) is 15.1. The van der Waals surface area contributed by atoms with Crippen molar-refractivity contribution in [3.63, 3.8) is 0 Å². The number of hydrogen-bond donors (Lipinski definition) is 1. The number of nitrogens with zero attached hydrogens (tertiary/aromatic N) is 2. The van der Waals surface area contributed by atoms with Crippen molar-refractivity contribution in [1.29, 1.82) is 0 Å². The van der Waals surface area contributed by atoms with Gasteiger partial charge in [-0.05, 0) is 38.3 Å². The molecule has 0 aliphatic rings. The number of ether oxygens (including phenoxy) is 2. The highest BCUT2D eigenvalue weighted by molar-refractivity contribution is 5.67. The first-order valence-electron chi connectivity index (χ1n) is 8.12. The molecule has 2 aromatic heterocycles. The summed E-state index contributed by atoms with van der Waals surface area (Å²) in [5.41, 5.74) is 8.61. The van der Waals surface area contributed by atoms with Crippen LogP contribution >= 0.6 is 0 Å². The van der Waals surface area contributed by atoms with Crippen LogP contribution in [-0.4, -0.2) is 29.2 Å². The van der Waals surface area contributed by atoms with Crippen LogP contribution in [-0.2, 0) is 0 Å². The Morgan fingerprint density at radius 1 is 1.38 bits per heavy atom. The largest absolute Gasteiger partial charge is 0.492 e. The van der Waals surface area contributed by atoms with Gasteiger partial charge in [0.15, 0.2) is 11.5 Å². The summed E-state index contributed by atoms with van der Waals surface area (Å²) in [5.74, 6) is 1.80. The Bertz CT molecular complexity index is 670. The number of pyridine rings is 2. The van der Waals surface area contributed by atoms with Crippen LogP contribution < -0.4 is 15.2 Å². The van der Waals surface area contributed by atoms with E-state index in [1.807, 2.05) is 19.9 Å². The zero-order valence-electron chi connectivity index (χ0n) is 15.1. The number of hydrogen-bond acceptors (Lipinski definition) is 5. The van der Waals surface area contributed by atoms with Crippen LogP contribution in [0.15, 0.2) is 24.5 Å². The number of rotatable bonds is 7. The highest BCUT2D eigenvalue weighted by Crippen LogP contribution is 2.36. The standard InChI is InChI=1S/C19H26N3O2/c1-13(2)10-19(4,20)12-24-16-11-22-17(14(3)18(16)23-5)15-6-8-21-9-7-15/h6-8,11,13H,10,12,20H2,1-5H3/t19-/m0/s1. The van der Waals surface area contributed by atoms with Crippen molar-refractivity contribution in [1.82, 2.24) is 9.97 Å². The Kier molecular flexibility index (Phi) is 5.78. The summed E-state index contributed by atoms with van der Waals surface area (Å²) in [6.45, 7) is 8.67. The summed E-state index contributed by atoms with van der Waals surface area (Å²) < 4.78 is 11.5. The van der Waals surface area contributed by atoms with E-state index in [-0.39, 0.29) is 0 Å². The summed E-state index contributed by atoms with van der Waals surface area (Å²) in [7, 11) is 1.63. The van der Waals surface area contributed by atoms with Gasteiger partial charge in [0.25, 0.3) is 0 Å². The summed E-state index contributed by atoms with van der Waals surface area (Å²) in [6.07, 6.45) is 7.09. The maximum absolute atomic E-state index is 6.32. The van der Waals surface area contributed by atoms with Gasteiger partial charge in [0.05, 0.1) is 25.2 Å². The first kappa shape index (κ1) is 18.2. The van der Waals surface area contributed by atoms with Crippen molar-refractivity contribution in [3.05, 3.63) is 36.3 Å². The monoisotopic (exact) mass is 328 g/mol. The molecule has 0 bridgehead atoms. The van der Waals surface area contributed by atoms with Gasteiger partial charge in [-0.15, -0.1) is 0 Å². The molecule has 0 spiro atoms. The summed E-state index contributed by atoms with van der Waals surface area (Å²) in [4.78, 5) is 8.44. The van der Waals surface area contributed by atoms with Gasteiger partial charge in [0.2, 0.25) is 0 Å². The van der Waals surface area contributed by atoms with E-state index in [0.29, 0.717) is 24.0 Å². The molecule has 129 valence electrons. The van der Waals surface area contributed by atoms with Crippen LogP contribution in [0.1, 0.15) is 32.8 Å². The quantitative estimate of drug-likeness (QED) is 0.843. The van der Waals surface area contributed by atoms with Gasteiger partial charge in [-0.1, -0.05) is 13.8 Å². The van der Waals surface area contributed by atoms with Crippen molar-refractivity contribution in [3.8, 4) is 22.8 Å². The van der Waals surface area contributed by atoms with Gasteiger partial charge in [-0.3, -0.25) is 9.97 Å². The van der Waals surface area contributed by atoms with Crippen molar-refractivity contribution in [2.75, 3.05) is 13.7 Å². The van der Waals surface area contributed by atoms with Crippen molar-refractivity contribution >= 4 is 0 Å². The molecular formula is C19H26N3O2. The second-order valence-corrected chi connectivity index (χ2v) is 6.84. The van der Waals surface area contributed by atoms with Crippen LogP contribution in [0.3, 0.4) is 0 Å². The molecule has 0 fully saturated rings. The molecule has 2 rings (SSSR count). The van der Waals surface area contributed by atoms with E-state index in [0.717, 1.165) is 23.2 Å². The molecule has 0 saturated heterocycles. The fraction of sp³-hybridized carbons (Fsp3) is 0.474. The average molecular weight is 328 g/mol. The summed E-state index contributed by atoms with van der Waals surface area (Å²) in [5, 5.41) is 0. The molecular weight excluding hydrogens is 302 g/mol. The third-order valence-corrected chi connectivity index (χ3v) is 3.76. The molecule has 2 heterocycles. The molecule has 5 heteroatoms. The minimum Gasteiger partial charge on any atom is -0.492 e. The Morgan fingerprint density at radius 2 is 2.12 bits per heavy atom. The molecule has 5 nitrogen and oxygen atoms in total. The molecule has 1 atom stereocenters. The normalized spacial score (nSPS) is 13.6. The first-order chi connectivity index (χ1) is 11.3. The SMILES string of the molecule is COc1c(OC[C@@](C)(N)CC(C)C)cnc(-c2c[c]ncc2)c1C. The van der Waals surface area contributed by atoms with Crippen molar-refractivity contribution in [2.24, 2.45) is 11.7 Å². The number of aromatic nitrogens is 2. The van der Waals surface area contributed by atoms with E-state index >= 15 is 0 Å². The highest BCUT2D eigenvalue weighted by Gasteiger charge is 2.23. The topological polar surface area (TPSA) is 70.3 Å². The maximum Gasteiger partial charge on any atom is 0.179 e. The lowest BCUT2D eigenvalue weighted by Gasteiger charge is -2.27. The van der Waals surface area contributed by atoms with Gasteiger partial charge in [-0.2, -0.15) is 0 Å². The van der Waals surface area contributed by atoms with E-state index in [9.17, 15) is 0 Å². The van der Waals surface area contributed by atoms with Gasteiger partial charge in [-0.25, -0.2) is 0 Å². The second-order valence-electron chi connectivity index (χ2n) is 6.84. The lowest BCUT2D eigenvalue weighted by atomic mass is 9.93. The Labute approximate surface area is 144 Å². The van der Waals surface area contributed by atoms with Gasteiger partial charge in [0.1, 0.15) is 6.61 Å². The van der Waals surface area contributed by atoms with Gasteiger partial charge in [0, 0.05) is 22.9 Å². The fourth-order valence-electron chi connectivity index (χ4n) is 2.92. The van der Waals surface area contributed by atoms with Gasteiger partial charge >= 0.3 is 0 Å². The van der Waals surface area contributed by atoms with E-state index in [4.69, 9.17) is 15.2 Å². The second kappa shape index (κ2) is 7.62. The number of methoxy groups -OCH3 is 1. The van der Waals surface area contributed by atoms with Crippen LogP contribution in [0.5, 0.6) is 11.5 Å². The molecule has 1 radical (unpaired) electrons. The van der Waals surface area contributed by atoms with Gasteiger partial charge < -0.3 is 15.2 Å². The Balaban J connectivity index is 2.25. The lowest BCUT2D eigenvalue weighted by Crippen LogP contribution is -2.43. The van der Waals surface area contributed by atoms with Crippen molar-refractivity contribution in [2.45, 2.75) is 39.7 Å². The molecule has 0 aliphatic heterocycles. The van der Waals surface area contributed by atoms with E-state index in [1.54, 1.807) is 25.6 Å². The van der Waals surface area contributed by atoms with Crippen LogP contribution in [0.4, 0.5) is 0 Å². The predicted molar refractivity (Wildman–Crippen MR) is 95.1 cm³/mol. The molecule has 2 N–H and O–H groups in total. The third-order valence-electron chi connectivity index (χ3n) is 3.76. The van der Waals surface area contributed by atoms with Crippen LogP contribution in [0, 0.1) is 19.0 Å². The van der Waals surface area contributed by atoms with Crippen molar-refractivity contribution < 1.29 is 9.47 Å². The number of nitrogens with two attached hydrogens (primary N) is 1. The third kappa shape index (κ3) is 4.45. The summed E-state index contributed by atoms with van der Waals surface area (Å²) >= 11 is 0. The van der Waals surface area contributed by atoms with E-state index < -0.39 is 5.54 Å². The Hall–Kier alpha value is -2.14. The molecule has 0 amide bonds. The fourth-order valence-corrected chi connectivity index (χ4v) is 2.92. The molecule has 0 unspecified atom stereocenters. The molecule has 2 aromatic rings. The average Bonchev–Trinajstić information content (AvgIpc) is 2.52. The van der Waals surface area contributed by atoms with E-state index in [1.165, 1.54) is 0 Å². The first-order valence-corrected chi connectivity index (χ1v) is 8.12. The highest BCUT2D eigenvalue weighted by atomic mass is 16.5. The van der Waals surface area contributed by atoms with E-state index in [2.05, 4.69) is 30.0 Å². The maximum atomic E-state index is 6.32. The minimum absolute atomic E-state index is 0.397. The van der Waals surface area contributed by atoms with Crippen LogP contribution in [0.2, 0.25) is 0 Å². The zero-order chi connectivity index (χ0) is 17.7. The molecule has 24 heavy (non-hydrogen) atoms. The smallest absolute Gasteiger partial charge is 0.179 e. The molecule has 0 aliphatic carbocycles. The minimum atomic E-state index is -0.397. The molecule has 0 aromatic carbocycles. The Morgan fingerprint density at radius 3 is 2.71 bits per heavy atom.